The lowest BCUT2D eigenvalue weighted by molar-refractivity contribution is -0.117. The maximum Gasteiger partial charge on any atom is 0.228 e. The Hall–Kier alpha value is -3.57. The molecule has 2 N–H and O–H groups in total. The van der Waals surface area contributed by atoms with Crippen molar-refractivity contribution in [3.05, 3.63) is 47.4 Å². The molecule has 1 saturated heterocycles. The van der Waals surface area contributed by atoms with Crippen molar-refractivity contribution >= 4 is 28.4 Å². The van der Waals surface area contributed by atoms with Crippen LogP contribution in [0.5, 0.6) is 0 Å². The van der Waals surface area contributed by atoms with Crippen molar-refractivity contribution in [3.8, 4) is 11.8 Å². The first-order chi connectivity index (χ1) is 18.1. The van der Waals surface area contributed by atoms with Crippen LogP contribution in [-0.2, 0) is 11.2 Å². The van der Waals surface area contributed by atoms with Gasteiger partial charge in [-0.05, 0) is 87.1 Å². The molecule has 3 fully saturated rings. The summed E-state index contributed by atoms with van der Waals surface area (Å²) in [6.07, 6.45) is 11.1. The highest BCUT2D eigenvalue weighted by Crippen LogP contribution is 2.38. The van der Waals surface area contributed by atoms with Crippen molar-refractivity contribution in [2.24, 2.45) is 17.8 Å². The number of aromatic nitrogens is 4. The summed E-state index contributed by atoms with van der Waals surface area (Å²) in [7, 11) is 1.79. The van der Waals surface area contributed by atoms with E-state index in [9.17, 15) is 4.79 Å². The summed E-state index contributed by atoms with van der Waals surface area (Å²) in [6.45, 7) is 4.57. The minimum atomic E-state index is -0.00515. The molecule has 0 spiro atoms. The molecule has 0 aromatic carbocycles. The Kier molecular flexibility index (Phi) is 6.47. The van der Waals surface area contributed by atoms with E-state index in [2.05, 4.69) is 60.5 Å². The summed E-state index contributed by atoms with van der Waals surface area (Å²) in [5, 5.41) is 15.3. The number of likely N-dealkylation sites (tertiary alicyclic amines) is 1. The molecule has 3 aromatic rings. The highest BCUT2D eigenvalue weighted by Gasteiger charge is 2.39. The molecule has 2 saturated carbocycles. The monoisotopic (exact) mass is 495 g/mol. The van der Waals surface area contributed by atoms with E-state index in [1.54, 1.807) is 13.2 Å². The number of piperidine rings is 1. The largest absolute Gasteiger partial charge is 0.371 e. The average Bonchev–Trinajstić information content (AvgIpc) is 3.85. The zero-order valence-corrected chi connectivity index (χ0v) is 21.5. The number of nitrogens with one attached hydrogen (secondary N) is 2. The minimum Gasteiger partial charge on any atom is -0.371 e. The van der Waals surface area contributed by atoms with Gasteiger partial charge in [0, 0.05) is 36.8 Å². The maximum absolute atomic E-state index is 12.4. The van der Waals surface area contributed by atoms with Gasteiger partial charge in [0.25, 0.3) is 0 Å². The second kappa shape index (κ2) is 10.1. The van der Waals surface area contributed by atoms with Crippen molar-refractivity contribution in [3.63, 3.8) is 0 Å². The van der Waals surface area contributed by atoms with Gasteiger partial charge in [0.05, 0.1) is 5.56 Å². The summed E-state index contributed by atoms with van der Waals surface area (Å²) < 4.78 is 0. The van der Waals surface area contributed by atoms with Crippen LogP contribution in [-0.4, -0.2) is 57.2 Å². The van der Waals surface area contributed by atoms with Gasteiger partial charge in [0.2, 0.25) is 5.91 Å². The number of anilines is 2. The second-order valence-corrected chi connectivity index (χ2v) is 10.8. The zero-order chi connectivity index (χ0) is 25.4. The van der Waals surface area contributed by atoms with E-state index in [4.69, 9.17) is 0 Å². The standard InChI is InChI=1S/C29H33N7O/c1-18-13-24(18)29(37)33-26-15-25-21(17-32-28(30-2)27(25)35-34-26)4-6-22-5-3-20(16-31-22)14-19-9-11-36(12-10-19)23-7-8-23/h3,5,15-19,23-24H,7-14H2,1-2H3,(H,30,32)(H,33,34,37)/t18-,24+/m1/s1. The lowest BCUT2D eigenvalue weighted by Gasteiger charge is -2.32. The van der Waals surface area contributed by atoms with Gasteiger partial charge >= 0.3 is 0 Å². The molecule has 4 heterocycles. The van der Waals surface area contributed by atoms with Crippen LogP contribution in [0, 0.1) is 29.6 Å². The highest BCUT2D eigenvalue weighted by atomic mass is 16.2. The number of carbonyl (C=O) groups excluding carboxylic acids is 1. The Labute approximate surface area is 217 Å². The lowest BCUT2D eigenvalue weighted by Crippen LogP contribution is -2.35. The van der Waals surface area contributed by atoms with Crippen molar-refractivity contribution in [1.29, 1.82) is 0 Å². The number of rotatable bonds is 6. The number of carbonyl (C=O) groups is 1. The van der Waals surface area contributed by atoms with Crippen molar-refractivity contribution in [2.45, 2.75) is 51.5 Å². The summed E-state index contributed by atoms with van der Waals surface area (Å²) >= 11 is 0. The first-order valence-corrected chi connectivity index (χ1v) is 13.4. The number of hydrogen-bond donors (Lipinski definition) is 2. The molecular formula is C29H33N7O. The normalized spacial score (nSPS) is 21.8. The Bertz CT molecular complexity index is 1360. The number of amides is 1. The van der Waals surface area contributed by atoms with Crippen molar-refractivity contribution < 1.29 is 4.79 Å². The third kappa shape index (κ3) is 5.42. The Balaban J connectivity index is 1.16. The number of nitrogens with zero attached hydrogens (tertiary/aromatic N) is 5. The molecule has 8 nitrogen and oxygen atoms in total. The third-order valence-corrected chi connectivity index (χ3v) is 7.95. The van der Waals surface area contributed by atoms with Gasteiger partial charge in [0.1, 0.15) is 11.2 Å². The molecule has 8 heteroatoms. The van der Waals surface area contributed by atoms with Gasteiger partial charge in [-0.15, -0.1) is 10.2 Å². The SMILES string of the molecule is CNc1ncc(C#Cc2ccc(CC3CCN(C4CC4)CC3)cn2)c2cc(NC(=O)[C@H]3C[C@H]3C)nnc12. The average molecular weight is 496 g/mol. The topological polar surface area (TPSA) is 95.9 Å². The van der Waals surface area contributed by atoms with Crippen molar-refractivity contribution in [1.82, 2.24) is 25.1 Å². The molecule has 190 valence electrons. The lowest BCUT2D eigenvalue weighted by atomic mass is 9.90. The van der Waals surface area contributed by atoms with E-state index >= 15 is 0 Å². The van der Waals surface area contributed by atoms with Gasteiger partial charge in [0.15, 0.2) is 11.6 Å². The zero-order valence-electron chi connectivity index (χ0n) is 21.5. The third-order valence-electron chi connectivity index (χ3n) is 7.95. The summed E-state index contributed by atoms with van der Waals surface area (Å²) in [5.74, 6) is 8.66. The molecule has 3 aromatic heterocycles. The first kappa shape index (κ1) is 23.8. The van der Waals surface area contributed by atoms with E-state index in [1.807, 2.05) is 18.3 Å². The number of hydrogen-bond acceptors (Lipinski definition) is 7. The summed E-state index contributed by atoms with van der Waals surface area (Å²) in [4.78, 5) is 24.1. The maximum atomic E-state index is 12.4. The molecule has 2 atom stereocenters. The van der Waals surface area contributed by atoms with Crippen LogP contribution in [0.2, 0.25) is 0 Å². The molecule has 37 heavy (non-hydrogen) atoms. The Morgan fingerprint density at radius 2 is 1.89 bits per heavy atom. The number of fused-ring (bicyclic) bond motifs is 1. The van der Waals surface area contributed by atoms with Crippen LogP contribution in [0.1, 0.15) is 55.8 Å². The van der Waals surface area contributed by atoms with Crippen LogP contribution in [0.4, 0.5) is 11.6 Å². The highest BCUT2D eigenvalue weighted by molar-refractivity contribution is 5.97. The first-order valence-electron chi connectivity index (χ1n) is 13.4. The molecule has 0 unspecified atom stereocenters. The molecule has 3 aliphatic rings. The van der Waals surface area contributed by atoms with Gasteiger partial charge in [-0.1, -0.05) is 18.9 Å². The molecule has 6 rings (SSSR count). The Morgan fingerprint density at radius 1 is 1.08 bits per heavy atom. The molecule has 2 aliphatic carbocycles. The Morgan fingerprint density at radius 3 is 2.57 bits per heavy atom. The molecule has 0 bridgehead atoms. The molecule has 1 amide bonds. The quantitative estimate of drug-likeness (QED) is 0.501. The molecular weight excluding hydrogens is 462 g/mol. The van der Waals surface area contributed by atoms with E-state index in [0.717, 1.165) is 35.9 Å². The van der Waals surface area contributed by atoms with E-state index in [0.29, 0.717) is 28.6 Å². The molecule has 0 radical (unpaired) electrons. The predicted octanol–water partition coefficient (Wildman–Crippen LogP) is 3.87. The van der Waals surface area contributed by atoms with Crippen LogP contribution in [0.15, 0.2) is 30.6 Å². The van der Waals surface area contributed by atoms with Crippen LogP contribution < -0.4 is 10.6 Å². The van der Waals surface area contributed by atoms with Crippen LogP contribution in [0.3, 0.4) is 0 Å². The summed E-state index contributed by atoms with van der Waals surface area (Å²) in [5.41, 5.74) is 3.33. The smallest absolute Gasteiger partial charge is 0.228 e. The molecule has 1 aliphatic heterocycles. The van der Waals surface area contributed by atoms with Gasteiger partial charge in [-0.2, -0.15) is 0 Å². The van der Waals surface area contributed by atoms with Crippen LogP contribution in [0.25, 0.3) is 10.9 Å². The van der Waals surface area contributed by atoms with E-state index in [-0.39, 0.29) is 11.8 Å². The van der Waals surface area contributed by atoms with Crippen LogP contribution >= 0.6 is 0 Å². The minimum absolute atomic E-state index is 0.00515. The fraction of sp³-hybridized carbons (Fsp3) is 0.483. The fourth-order valence-electron chi connectivity index (χ4n) is 5.33. The summed E-state index contributed by atoms with van der Waals surface area (Å²) in [6, 6.07) is 6.86. The van der Waals surface area contributed by atoms with E-state index < -0.39 is 0 Å². The van der Waals surface area contributed by atoms with Gasteiger partial charge in [-0.25, -0.2) is 9.97 Å². The number of pyridine rings is 2. The van der Waals surface area contributed by atoms with Gasteiger partial charge < -0.3 is 15.5 Å². The second-order valence-electron chi connectivity index (χ2n) is 10.8. The van der Waals surface area contributed by atoms with Gasteiger partial charge in [-0.3, -0.25) is 4.79 Å². The van der Waals surface area contributed by atoms with Crippen molar-refractivity contribution in [2.75, 3.05) is 30.8 Å². The fourth-order valence-corrected chi connectivity index (χ4v) is 5.33. The predicted molar refractivity (Wildman–Crippen MR) is 144 cm³/mol. The van der Waals surface area contributed by atoms with E-state index in [1.165, 1.54) is 44.3 Å².